The zero-order chi connectivity index (χ0) is 12.8. The van der Waals surface area contributed by atoms with E-state index < -0.39 is 35.3 Å². The molecule has 0 aromatic rings. The van der Waals surface area contributed by atoms with E-state index in [0.29, 0.717) is 18.6 Å². The molecule has 0 fully saturated rings. The Morgan fingerprint density at radius 3 is 1.94 bits per heavy atom. The fourth-order valence-electron chi connectivity index (χ4n) is 2.13. The second-order valence-electron chi connectivity index (χ2n) is 4.06. The standard InChI is InChI=1S/C11H8F6/c12-10(13,14)8-4-6-2-1-3-7(6)5-9(8)11(15,16)17/h1-2,4-7H,3H2. The summed E-state index contributed by atoms with van der Waals surface area (Å²) in [5, 5.41) is 0. The summed E-state index contributed by atoms with van der Waals surface area (Å²) in [5.41, 5.74) is -3.13. The molecule has 0 aromatic carbocycles. The van der Waals surface area contributed by atoms with Gasteiger partial charge in [0.2, 0.25) is 0 Å². The van der Waals surface area contributed by atoms with Crippen molar-refractivity contribution in [3.05, 3.63) is 35.5 Å². The molecular weight excluding hydrogens is 246 g/mol. The third kappa shape index (κ3) is 2.25. The molecule has 0 spiro atoms. The molecule has 2 atom stereocenters. The van der Waals surface area contributed by atoms with E-state index in [1.807, 2.05) is 0 Å². The van der Waals surface area contributed by atoms with Gasteiger partial charge in [0.25, 0.3) is 0 Å². The highest BCUT2D eigenvalue weighted by Gasteiger charge is 2.49. The average molecular weight is 254 g/mol. The first-order valence-electron chi connectivity index (χ1n) is 4.94. The van der Waals surface area contributed by atoms with Crippen molar-refractivity contribution in [2.24, 2.45) is 11.8 Å². The zero-order valence-electron chi connectivity index (χ0n) is 8.44. The molecule has 0 aromatic heterocycles. The van der Waals surface area contributed by atoms with Crippen molar-refractivity contribution in [3.63, 3.8) is 0 Å². The Labute approximate surface area is 93.3 Å². The molecule has 0 amide bonds. The van der Waals surface area contributed by atoms with E-state index in [9.17, 15) is 26.3 Å². The van der Waals surface area contributed by atoms with Crippen LogP contribution in [0.4, 0.5) is 26.3 Å². The summed E-state index contributed by atoms with van der Waals surface area (Å²) in [6, 6.07) is 0. The van der Waals surface area contributed by atoms with Crippen LogP contribution in [0.5, 0.6) is 0 Å². The Hall–Kier alpha value is -1.20. The molecular formula is C11H8F6. The Morgan fingerprint density at radius 1 is 0.882 bits per heavy atom. The average Bonchev–Trinajstić information content (AvgIpc) is 2.59. The Bertz CT molecular complexity index is 407. The van der Waals surface area contributed by atoms with Crippen LogP contribution in [0.25, 0.3) is 0 Å². The molecule has 2 aliphatic carbocycles. The van der Waals surface area contributed by atoms with E-state index in [-0.39, 0.29) is 0 Å². The maximum Gasteiger partial charge on any atom is 0.416 e. The molecule has 0 bridgehead atoms. The lowest BCUT2D eigenvalue weighted by Gasteiger charge is -2.26. The van der Waals surface area contributed by atoms with Crippen LogP contribution in [0.1, 0.15) is 6.42 Å². The predicted molar refractivity (Wildman–Crippen MR) is 49.0 cm³/mol. The van der Waals surface area contributed by atoms with Crippen LogP contribution >= 0.6 is 0 Å². The molecule has 94 valence electrons. The summed E-state index contributed by atoms with van der Waals surface area (Å²) in [7, 11) is 0. The highest BCUT2D eigenvalue weighted by atomic mass is 19.4. The van der Waals surface area contributed by atoms with E-state index in [2.05, 4.69) is 0 Å². The van der Waals surface area contributed by atoms with Gasteiger partial charge in [0.1, 0.15) is 0 Å². The number of halogens is 6. The molecule has 0 N–H and O–H groups in total. The highest BCUT2D eigenvalue weighted by Crippen LogP contribution is 2.46. The van der Waals surface area contributed by atoms with Crippen molar-refractivity contribution in [3.8, 4) is 0 Å². The van der Waals surface area contributed by atoms with Gasteiger partial charge < -0.3 is 0 Å². The van der Waals surface area contributed by atoms with E-state index in [4.69, 9.17) is 0 Å². The monoisotopic (exact) mass is 254 g/mol. The molecule has 0 saturated heterocycles. The quantitative estimate of drug-likeness (QED) is 0.449. The van der Waals surface area contributed by atoms with Crippen LogP contribution in [0, 0.1) is 11.8 Å². The normalized spacial score (nSPS) is 28.8. The minimum atomic E-state index is -4.97. The summed E-state index contributed by atoms with van der Waals surface area (Å²) in [6.45, 7) is 0. The Balaban J connectivity index is 2.45. The van der Waals surface area contributed by atoms with E-state index in [0.717, 1.165) is 0 Å². The third-order valence-electron chi connectivity index (χ3n) is 2.90. The summed E-state index contributed by atoms with van der Waals surface area (Å²) in [6.07, 6.45) is -5.08. The van der Waals surface area contributed by atoms with Crippen molar-refractivity contribution >= 4 is 0 Å². The Kier molecular flexibility index (Phi) is 2.63. The number of allylic oxidation sites excluding steroid dienone is 6. The van der Waals surface area contributed by atoms with Crippen LogP contribution in [0.2, 0.25) is 0 Å². The topological polar surface area (TPSA) is 0 Å². The minimum Gasteiger partial charge on any atom is -0.166 e. The third-order valence-corrected chi connectivity index (χ3v) is 2.90. The van der Waals surface area contributed by atoms with Crippen molar-refractivity contribution in [1.82, 2.24) is 0 Å². The molecule has 2 rings (SSSR count). The maximum absolute atomic E-state index is 12.5. The summed E-state index contributed by atoms with van der Waals surface area (Å²) in [4.78, 5) is 0. The zero-order valence-corrected chi connectivity index (χ0v) is 8.44. The summed E-state index contributed by atoms with van der Waals surface area (Å²) in [5.74, 6) is -1.07. The molecule has 6 heteroatoms. The number of fused-ring (bicyclic) bond motifs is 1. The second kappa shape index (κ2) is 3.65. The molecule has 0 heterocycles. The lowest BCUT2D eigenvalue weighted by Crippen LogP contribution is -2.28. The first-order chi connectivity index (χ1) is 7.69. The van der Waals surface area contributed by atoms with Gasteiger partial charge in [-0.2, -0.15) is 26.3 Å². The summed E-state index contributed by atoms with van der Waals surface area (Å²) < 4.78 is 75.3. The van der Waals surface area contributed by atoms with Crippen LogP contribution in [-0.4, -0.2) is 12.4 Å². The van der Waals surface area contributed by atoms with Gasteiger partial charge in [-0.1, -0.05) is 24.3 Å². The van der Waals surface area contributed by atoms with Crippen molar-refractivity contribution in [1.29, 1.82) is 0 Å². The first-order valence-corrected chi connectivity index (χ1v) is 4.94. The first kappa shape index (κ1) is 12.3. The molecule has 2 unspecified atom stereocenters. The number of hydrogen-bond donors (Lipinski definition) is 0. The molecule has 0 aliphatic heterocycles. The smallest absolute Gasteiger partial charge is 0.166 e. The number of alkyl halides is 6. The lowest BCUT2D eigenvalue weighted by atomic mass is 9.83. The summed E-state index contributed by atoms with van der Waals surface area (Å²) >= 11 is 0. The number of rotatable bonds is 0. The van der Waals surface area contributed by atoms with Gasteiger partial charge >= 0.3 is 12.4 Å². The van der Waals surface area contributed by atoms with Crippen molar-refractivity contribution in [2.45, 2.75) is 18.8 Å². The van der Waals surface area contributed by atoms with Gasteiger partial charge in [-0.25, -0.2) is 0 Å². The second-order valence-corrected chi connectivity index (χ2v) is 4.06. The van der Waals surface area contributed by atoms with Crippen LogP contribution in [0.15, 0.2) is 35.5 Å². The highest BCUT2D eigenvalue weighted by molar-refractivity contribution is 5.44. The lowest BCUT2D eigenvalue weighted by molar-refractivity contribution is -0.119. The predicted octanol–water partition coefficient (Wildman–Crippen LogP) is 4.17. The minimum absolute atomic E-state index is 0.353. The molecule has 0 saturated carbocycles. The van der Waals surface area contributed by atoms with Crippen LogP contribution < -0.4 is 0 Å². The van der Waals surface area contributed by atoms with Gasteiger partial charge in [-0.3, -0.25) is 0 Å². The molecule has 0 nitrogen and oxygen atoms in total. The fraction of sp³-hybridized carbons (Fsp3) is 0.455. The van der Waals surface area contributed by atoms with E-state index >= 15 is 0 Å². The van der Waals surface area contributed by atoms with E-state index in [1.165, 1.54) is 6.08 Å². The van der Waals surface area contributed by atoms with Gasteiger partial charge in [0, 0.05) is 5.92 Å². The van der Waals surface area contributed by atoms with Gasteiger partial charge in [0.15, 0.2) is 0 Å². The molecule has 0 radical (unpaired) electrons. The Morgan fingerprint density at radius 2 is 1.41 bits per heavy atom. The maximum atomic E-state index is 12.5. The fourth-order valence-corrected chi connectivity index (χ4v) is 2.13. The van der Waals surface area contributed by atoms with E-state index in [1.54, 1.807) is 6.08 Å². The molecule has 2 aliphatic rings. The van der Waals surface area contributed by atoms with Gasteiger partial charge in [0.05, 0.1) is 11.1 Å². The number of hydrogen-bond acceptors (Lipinski definition) is 0. The SMILES string of the molecule is FC(F)(F)C1=CC2C=CCC2C=C1C(F)(F)F. The van der Waals surface area contributed by atoms with Crippen molar-refractivity contribution in [2.75, 3.05) is 0 Å². The largest absolute Gasteiger partial charge is 0.416 e. The van der Waals surface area contributed by atoms with Crippen LogP contribution in [0.3, 0.4) is 0 Å². The van der Waals surface area contributed by atoms with Gasteiger partial charge in [-0.15, -0.1) is 0 Å². The van der Waals surface area contributed by atoms with Crippen LogP contribution in [-0.2, 0) is 0 Å². The van der Waals surface area contributed by atoms with Gasteiger partial charge in [-0.05, 0) is 12.3 Å². The van der Waals surface area contributed by atoms with Crippen molar-refractivity contribution < 1.29 is 26.3 Å². The molecule has 17 heavy (non-hydrogen) atoms.